The predicted molar refractivity (Wildman–Crippen MR) is 137 cm³/mol. The second-order valence-corrected chi connectivity index (χ2v) is 9.12. The molecule has 1 heterocycles. The first-order valence-electron chi connectivity index (χ1n) is 10.4. The molecule has 3 aromatic carbocycles. The molecule has 1 aromatic heterocycles. The van der Waals surface area contributed by atoms with Crippen molar-refractivity contribution in [2.45, 2.75) is 20.5 Å². The number of fused-ring (bicyclic) bond motifs is 1. The van der Waals surface area contributed by atoms with Crippen LogP contribution < -0.4 is 15.0 Å². The summed E-state index contributed by atoms with van der Waals surface area (Å²) in [6, 6.07) is 15.0. The normalized spacial score (nSPS) is 11.3. The van der Waals surface area contributed by atoms with E-state index in [1.54, 1.807) is 49.5 Å². The lowest BCUT2D eigenvalue weighted by Crippen LogP contribution is -2.20. The van der Waals surface area contributed by atoms with Gasteiger partial charge in [0.05, 0.1) is 23.7 Å². The number of benzene rings is 3. The Hall–Kier alpha value is -3.04. The molecule has 0 N–H and O–H groups in total. The molecule has 0 fully saturated rings. The topological polar surface area (TPSA) is 65.7 Å². The lowest BCUT2D eigenvalue weighted by atomic mass is 10.2. The van der Waals surface area contributed by atoms with Gasteiger partial charge in [0, 0.05) is 14.5 Å². The minimum atomic E-state index is -0.297. The number of hydrogen-bond donors (Lipinski definition) is 0. The average molecular weight is 589 g/mol. The zero-order valence-electron chi connectivity index (χ0n) is 18.4. The highest BCUT2D eigenvalue weighted by atomic mass is 79.9. The summed E-state index contributed by atoms with van der Waals surface area (Å²) in [4.78, 5) is 17.5. The summed E-state index contributed by atoms with van der Waals surface area (Å²) in [5.41, 5.74) is 1.87. The summed E-state index contributed by atoms with van der Waals surface area (Å²) in [6.07, 6.45) is 1.57. The predicted octanol–water partition coefficient (Wildman–Crippen LogP) is 6.23. The van der Waals surface area contributed by atoms with Crippen molar-refractivity contribution in [1.82, 2.24) is 9.66 Å². The Bertz CT molecular complexity index is 1440. The van der Waals surface area contributed by atoms with Gasteiger partial charge in [-0.3, -0.25) is 4.79 Å². The van der Waals surface area contributed by atoms with Crippen LogP contribution in [0.5, 0.6) is 11.5 Å². The lowest BCUT2D eigenvalue weighted by Gasteiger charge is -2.14. The largest absolute Gasteiger partial charge is 0.490 e. The highest BCUT2D eigenvalue weighted by Gasteiger charge is 2.12. The monoisotopic (exact) mass is 587 g/mol. The van der Waals surface area contributed by atoms with Crippen molar-refractivity contribution in [3.8, 4) is 11.5 Å². The molecule has 0 aliphatic rings. The molecule has 6 nitrogen and oxygen atoms in total. The van der Waals surface area contributed by atoms with E-state index in [4.69, 9.17) is 9.47 Å². The SMILES string of the molecule is CCOc1cc(C=Nn2c(C)nc3ccc(Br)cc3c2=O)c(Br)cc1OCc1ccc(F)cc1. The Morgan fingerprint density at radius 2 is 1.79 bits per heavy atom. The van der Waals surface area contributed by atoms with Crippen LogP contribution in [0, 0.1) is 12.7 Å². The molecule has 0 aliphatic carbocycles. The second kappa shape index (κ2) is 10.5. The van der Waals surface area contributed by atoms with E-state index in [1.165, 1.54) is 16.8 Å². The van der Waals surface area contributed by atoms with Crippen molar-refractivity contribution in [3.05, 3.63) is 96.7 Å². The van der Waals surface area contributed by atoms with Crippen molar-refractivity contribution in [2.75, 3.05) is 6.61 Å². The minimum Gasteiger partial charge on any atom is -0.490 e. The number of rotatable bonds is 7. The Morgan fingerprint density at radius 1 is 1.06 bits per heavy atom. The molecular weight excluding hydrogens is 569 g/mol. The lowest BCUT2D eigenvalue weighted by molar-refractivity contribution is 0.269. The number of halogens is 3. The fourth-order valence-corrected chi connectivity index (χ4v) is 4.07. The molecule has 0 amide bonds. The summed E-state index contributed by atoms with van der Waals surface area (Å²) in [5.74, 6) is 1.23. The molecule has 4 aromatic rings. The van der Waals surface area contributed by atoms with Gasteiger partial charge in [0.1, 0.15) is 18.2 Å². The first-order valence-corrected chi connectivity index (χ1v) is 12.0. The van der Waals surface area contributed by atoms with Crippen molar-refractivity contribution in [2.24, 2.45) is 5.10 Å². The average Bonchev–Trinajstić information content (AvgIpc) is 2.81. The van der Waals surface area contributed by atoms with Crippen LogP contribution in [0.3, 0.4) is 0 Å². The smallest absolute Gasteiger partial charge is 0.282 e. The van der Waals surface area contributed by atoms with Gasteiger partial charge in [-0.15, -0.1) is 0 Å². The van der Waals surface area contributed by atoms with Crippen LogP contribution in [0.2, 0.25) is 0 Å². The number of nitrogens with zero attached hydrogens (tertiary/aromatic N) is 3. The van der Waals surface area contributed by atoms with Crippen LogP contribution in [-0.4, -0.2) is 22.5 Å². The molecule has 0 saturated carbocycles. The number of ether oxygens (including phenoxy) is 2. The Kier molecular flexibility index (Phi) is 7.43. The van der Waals surface area contributed by atoms with Gasteiger partial charge in [-0.1, -0.05) is 28.1 Å². The van der Waals surface area contributed by atoms with E-state index < -0.39 is 0 Å². The van der Waals surface area contributed by atoms with Gasteiger partial charge in [-0.2, -0.15) is 9.78 Å². The third kappa shape index (κ3) is 5.37. The molecular formula is C25H20Br2FN3O3. The Labute approximate surface area is 212 Å². The third-order valence-corrected chi connectivity index (χ3v) is 6.13. The molecule has 9 heteroatoms. The molecule has 0 unspecified atom stereocenters. The van der Waals surface area contributed by atoms with Crippen LogP contribution in [0.15, 0.2) is 73.4 Å². The van der Waals surface area contributed by atoms with Crippen LogP contribution in [0.1, 0.15) is 23.9 Å². The molecule has 0 radical (unpaired) electrons. The van der Waals surface area contributed by atoms with Crippen LogP contribution in [-0.2, 0) is 6.61 Å². The quantitative estimate of drug-likeness (QED) is 0.240. The van der Waals surface area contributed by atoms with E-state index in [0.29, 0.717) is 44.9 Å². The van der Waals surface area contributed by atoms with Gasteiger partial charge in [0.25, 0.3) is 5.56 Å². The van der Waals surface area contributed by atoms with E-state index in [0.717, 1.165) is 10.0 Å². The van der Waals surface area contributed by atoms with Gasteiger partial charge in [0.2, 0.25) is 0 Å². The Morgan fingerprint density at radius 3 is 2.53 bits per heavy atom. The van der Waals surface area contributed by atoms with Gasteiger partial charge < -0.3 is 9.47 Å². The van der Waals surface area contributed by atoms with Crippen molar-refractivity contribution >= 4 is 49.0 Å². The number of aryl methyl sites for hydroxylation is 1. The second-order valence-electron chi connectivity index (χ2n) is 7.35. The van der Waals surface area contributed by atoms with Gasteiger partial charge >= 0.3 is 0 Å². The first-order chi connectivity index (χ1) is 16.4. The fraction of sp³-hybridized carbons (Fsp3) is 0.160. The van der Waals surface area contributed by atoms with E-state index in [-0.39, 0.29) is 18.0 Å². The minimum absolute atomic E-state index is 0.257. The standard InChI is InChI=1S/C25H20Br2FN3O3/c1-3-33-23-10-17(21(27)12-24(23)34-14-16-4-7-19(28)8-5-16)13-29-31-15(2)30-22-9-6-18(26)11-20(22)25(31)32/h4-13H,3,14H2,1-2H3. The molecule has 0 bridgehead atoms. The zero-order chi connectivity index (χ0) is 24.2. The maximum absolute atomic E-state index is 13.1. The molecule has 0 spiro atoms. The maximum Gasteiger partial charge on any atom is 0.282 e. The van der Waals surface area contributed by atoms with E-state index in [9.17, 15) is 9.18 Å². The number of hydrogen-bond acceptors (Lipinski definition) is 5. The van der Waals surface area contributed by atoms with Crippen molar-refractivity contribution in [1.29, 1.82) is 0 Å². The molecule has 0 saturated heterocycles. The van der Waals surface area contributed by atoms with E-state index in [2.05, 4.69) is 41.9 Å². The molecule has 174 valence electrons. The van der Waals surface area contributed by atoms with Crippen LogP contribution in [0.4, 0.5) is 4.39 Å². The Balaban J connectivity index is 1.65. The zero-order valence-corrected chi connectivity index (χ0v) is 21.6. The molecule has 4 rings (SSSR count). The highest BCUT2D eigenvalue weighted by molar-refractivity contribution is 9.10. The summed E-state index contributed by atoms with van der Waals surface area (Å²) in [6.45, 7) is 4.30. The van der Waals surface area contributed by atoms with E-state index in [1.807, 2.05) is 13.0 Å². The summed E-state index contributed by atoms with van der Waals surface area (Å²) >= 11 is 6.93. The van der Waals surface area contributed by atoms with Crippen LogP contribution >= 0.6 is 31.9 Å². The highest BCUT2D eigenvalue weighted by Crippen LogP contribution is 2.34. The summed E-state index contributed by atoms with van der Waals surface area (Å²) in [5, 5.41) is 4.86. The summed E-state index contributed by atoms with van der Waals surface area (Å²) in [7, 11) is 0. The van der Waals surface area contributed by atoms with Crippen molar-refractivity contribution < 1.29 is 13.9 Å². The summed E-state index contributed by atoms with van der Waals surface area (Å²) < 4.78 is 27.6. The maximum atomic E-state index is 13.1. The van der Waals surface area contributed by atoms with Gasteiger partial charge in [-0.25, -0.2) is 9.37 Å². The molecule has 0 aliphatic heterocycles. The van der Waals surface area contributed by atoms with Crippen molar-refractivity contribution in [3.63, 3.8) is 0 Å². The van der Waals surface area contributed by atoms with Crippen LogP contribution in [0.25, 0.3) is 10.9 Å². The van der Waals surface area contributed by atoms with Gasteiger partial charge in [0.15, 0.2) is 11.5 Å². The first kappa shape index (κ1) is 24.1. The third-order valence-electron chi connectivity index (χ3n) is 4.95. The van der Waals surface area contributed by atoms with Gasteiger partial charge in [-0.05, 0) is 77.8 Å². The molecule has 34 heavy (non-hydrogen) atoms. The number of aromatic nitrogens is 2. The van der Waals surface area contributed by atoms with E-state index >= 15 is 0 Å². The molecule has 0 atom stereocenters. The fourth-order valence-electron chi connectivity index (χ4n) is 3.29.